The van der Waals surface area contributed by atoms with E-state index in [1.165, 1.54) is 12.1 Å². The van der Waals surface area contributed by atoms with Crippen molar-refractivity contribution < 1.29 is 4.39 Å². The van der Waals surface area contributed by atoms with Gasteiger partial charge in [-0.1, -0.05) is 6.07 Å². The van der Waals surface area contributed by atoms with Crippen LogP contribution in [0.3, 0.4) is 0 Å². The summed E-state index contributed by atoms with van der Waals surface area (Å²) in [6.07, 6.45) is 1.97. The molecule has 0 unspecified atom stereocenters. The average molecular weight is 283 g/mol. The standard InChI is InChI=1S/C11H8BrFN2O/c12-11-14-9-7(2-1-3-8(9)13)10(16)15(11)6-4-5-6/h1-3,6H,4-5H2. The molecule has 1 aliphatic carbocycles. The minimum absolute atomic E-state index is 0.135. The molecule has 82 valence electrons. The summed E-state index contributed by atoms with van der Waals surface area (Å²) >= 11 is 3.23. The van der Waals surface area contributed by atoms with Gasteiger partial charge in [0.2, 0.25) is 0 Å². The van der Waals surface area contributed by atoms with Crippen LogP contribution in [0.4, 0.5) is 4.39 Å². The molecule has 1 aromatic carbocycles. The van der Waals surface area contributed by atoms with Gasteiger partial charge in [0.15, 0.2) is 4.73 Å². The van der Waals surface area contributed by atoms with E-state index in [0.29, 0.717) is 10.1 Å². The molecule has 1 heterocycles. The van der Waals surface area contributed by atoms with Gasteiger partial charge in [0.25, 0.3) is 5.56 Å². The van der Waals surface area contributed by atoms with Crippen molar-refractivity contribution in [2.45, 2.75) is 18.9 Å². The van der Waals surface area contributed by atoms with Crippen molar-refractivity contribution in [3.63, 3.8) is 0 Å². The van der Waals surface area contributed by atoms with Gasteiger partial charge in [-0.3, -0.25) is 9.36 Å². The summed E-state index contributed by atoms with van der Waals surface area (Å²) in [4.78, 5) is 16.2. The lowest BCUT2D eigenvalue weighted by molar-refractivity contribution is 0.629. The van der Waals surface area contributed by atoms with Gasteiger partial charge < -0.3 is 0 Å². The summed E-state index contributed by atoms with van der Waals surface area (Å²) in [5.41, 5.74) is -0.0323. The summed E-state index contributed by atoms with van der Waals surface area (Å²) in [6.45, 7) is 0. The Labute approximate surface area is 99.0 Å². The van der Waals surface area contributed by atoms with E-state index in [4.69, 9.17) is 0 Å². The maximum absolute atomic E-state index is 13.5. The number of fused-ring (bicyclic) bond motifs is 1. The third-order valence-corrected chi connectivity index (χ3v) is 3.31. The van der Waals surface area contributed by atoms with Crippen molar-refractivity contribution >= 4 is 26.8 Å². The Morgan fingerprint density at radius 2 is 2.19 bits per heavy atom. The lowest BCUT2D eigenvalue weighted by Crippen LogP contribution is -2.21. The number of hydrogen-bond acceptors (Lipinski definition) is 2. The van der Waals surface area contributed by atoms with E-state index in [-0.39, 0.29) is 17.1 Å². The van der Waals surface area contributed by atoms with Gasteiger partial charge in [-0.15, -0.1) is 0 Å². The molecule has 0 radical (unpaired) electrons. The summed E-state index contributed by atoms with van der Waals surface area (Å²) in [5.74, 6) is -0.460. The largest absolute Gasteiger partial charge is 0.284 e. The summed E-state index contributed by atoms with van der Waals surface area (Å²) in [7, 11) is 0. The Bertz CT molecular complexity index is 634. The minimum atomic E-state index is -0.460. The minimum Gasteiger partial charge on any atom is -0.284 e. The first-order chi connectivity index (χ1) is 7.68. The van der Waals surface area contributed by atoms with E-state index in [9.17, 15) is 9.18 Å². The molecule has 0 atom stereocenters. The molecule has 1 aliphatic rings. The summed E-state index contributed by atoms with van der Waals surface area (Å²) < 4.78 is 15.5. The van der Waals surface area contributed by atoms with Crippen LogP contribution in [-0.2, 0) is 0 Å². The zero-order valence-corrected chi connectivity index (χ0v) is 9.87. The SMILES string of the molecule is O=c1c2cccc(F)c2nc(Br)n1C1CC1. The molecule has 1 saturated carbocycles. The molecule has 3 rings (SSSR count). The molecule has 2 aromatic rings. The van der Waals surface area contributed by atoms with Crippen LogP contribution in [0.25, 0.3) is 10.9 Å². The van der Waals surface area contributed by atoms with Crippen molar-refractivity contribution in [3.8, 4) is 0 Å². The van der Waals surface area contributed by atoms with Crippen LogP contribution in [0, 0.1) is 5.82 Å². The van der Waals surface area contributed by atoms with Crippen molar-refractivity contribution in [2.24, 2.45) is 0 Å². The molecule has 0 aliphatic heterocycles. The average Bonchev–Trinajstić information content (AvgIpc) is 3.04. The number of nitrogens with zero attached hydrogens (tertiary/aromatic N) is 2. The van der Waals surface area contributed by atoms with Crippen molar-refractivity contribution in [2.75, 3.05) is 0 Å². The Morgan fingerprint density at radius 1 is 1.44 bits per heavy atom. The molecule has 1 fully saturated rings. The second-order valence-electron chi connectivity index (χ2n) is 3.92. The Balaban J connectivity index is 2.43. The van der Waals surface area contributed by atoms with Gasteiger partial charge in [0.05, 0.1) is 5.39 Å². The number of hydrogen-bond donors (Lipinski definition) is 0. The zero-order chi connectivity index (χ0) is 11.3. The first-order valence-corrected chi connectivity index (χ1v) is 5.84. The molecular formula is C11H8BrFN2O. The quantitative estimate of drug-likeness (QED) is 0.754. The Morgan fingerprint density at radius 3 is 2.88 bits per heavy atom. The maximum atomic E-state index is 13.5. The second-order valence-corrected chi connectivity index (χ2v) is 4.63. The highest BCUT2D eigenvalue weighted by Gasteiger charge is 2.27. The lowest BCUT2D eigenvalue weighted by atomic mass is 10.2. The van der Waals surface area contributed by atoms with Crippen LogP contribution in [0.5, 0.6) is 0 Å². The smallest absolute Gasteiger partial charge is 0.262 e. The normalized spacial score (nSPS) is 15.6. The fourth-order valence-corrected chi connectivity index (χ4v) is 2.44. The molecule has 0 N–H and O–H groups in total. The molecular weight excluding hydrogens is 275 g/mol. The molecule has 0 saturated heterocycles. The lowest BCUT2D eigenvalue weighted by Gasteiger charge is -2.07. The highest BCUT2D eigenvalue weighted by atomic mass is 79.9. The van der Waals surface area contributed by atoms with E-state index in [0.717, 1.165) is 12.8 Å². The second kappa shape index (κ2) is 3.38. The highest BCUT2D eigenvalue weighted by molar-refractivity contribution is 9.10. The predicted octanol–water partition coefficient (Wildman–Crippen LogP) is 2.63. The first-order valence-electron chi connectivity index (χ1n) is 5.05. The summed E-state index contributed by atoms with van der Waals surface area (Å²) in [6, 6.07) is 4.68. The summed E-state index contributed by atoms with van der Waals surface area (Å²) in [5, 5.41) is 0.343. The molecule has 16 heavy (non-hydrogen) atoms. The van der Waals surface area contributed by atoms with Crippen LogP contribution >= 0.6 is 15.9 Å². The van der Waals surface area contributed by atoms with Crippen LogP contribution in [-0.4, -0.2) is 9.55 Å². The monoisotopic (exact) mass is 282 g/mol. The number of aromatic nitrogens is 2. The van der Waals surface area contributed by atoms with Crippen molar-refractivity contribution in [1.82, 2.24) is 9.55 Å². The van der Waals surface area contributed by atoms with E-state index in [2.05, 4.69) is 20.9 Å². The Hall–Kier alpha value is -1.23. The van der Waals surface area contributed by atoms with Crippen LogP contribution in [0.2, 0.25) is 0 Å². The van der Waals surface area contributed by atoms with Crippen LogP contribution in [0.1, 0.15) is 18.9 Å². The van der Waals surface area contributed by atoms with E-state index < -0.39 is 5.82 Å². The molecule has 1 aromatic heterocycles. The molecule has 0 amide bonds. The third kappa shape index (κ3) is 1.38. The molecule has 3 nitrogen and oxygen atoms in total. The molecule has 0 bridgehead atoms. The number of rotatable bonds is 1. The zero-order valence-electron chi connectivity index (χ0n) is 8.28. The van der Waals surface area contributed by atoms with E-state index in [1.807, 2.05) is 0 Å². The topological polar surface area (TPSA) is 34.9 Å². The van der Waals surface area contributed by atoms with Gasteiger partial charge >= 0.3 is 0 Å². The van der Waals surface area contributed by atoms with Crippen LogP contribution in [0.15, 0.2) is 27.7 Å². The van der Waals surface area contributed by atoms with Crippen molar-refractivity contribution in [3.05, 3.63) is 39.1 Å². The first kappa shape index (κ1) is 9.96. The van der Waals surface area contributed by atoms with Gasteiger partial charge in [0.1, 0.15) is 11.3 Å². The predicted molar refractivity (Wildman–Crippen MR) is 61.9 cm³/mol. The van der Waals surface area contributed by atoms with Gasteiger partial charge in [-0.25, -0.2) is 9.37 Å². The fraction of sp³-hybridized carbons (Fsp3) is 0.273. The number of benzene rings is 1. The number of halogens is 2. The van der Waals surface area contributed by atoms with E-state index in [1.54, 1.807) is 10.6 Å². The van der Waals surface area contributed by atoms with E-state index >= 15 is 0 Å². The molecule has 0 spiro atoms. The Kier molecular flexibility index (Phi) is 2.10. The fourth-order valence-electron chi connectivity index (χ4n) is 1.81. The van der Waals surface area contributed by atoms with Gasteiger partial charge in [0, 0.05) is 6.04 Å². The van der Waals surface area contributed by atoms with Crippen LogP contribution < -0.4 is 5.56 Å². The maximum Gasteiger partial charge on any atom is 0.262 e. The van der Waals surface area contributed by atoms with Gasteiger partial charge in [-0.2, -0.15) is 0 Å². The highest BCUT2D eigenvalue weighted by Crippen LogP contribution is 2.35. The number of para-hydroxylation sites is 1. The third-order valence-electron chi connectivity index (χ3n) is 2.75. The molecule has 5 heteroatoms. The van der Waals surface area contributed by atoms with Gasteiger partial charge in [-0.05, 0) is 40.9 Å². The van der Waals surface area contributed by atoms with Crippen molar-refractivity contribution in [1.29, 1.82) is 0 Å².